The zero-order chi connectivity index (χ0) is 17.4. The number of carbonyl (C=O) groups is 2. The first-order valence-electron chi connectivity index (χ1n) is 7.16. The molecular formula is C18H13BrClNO3. The molecular weight excluding hydrogens is 394 g/mol. The number of ketones is 1. The summed E-state index contributed by atoms with van der Waals surface area (Å²) in [5.74, 6) is -1.53. The smallest absolute Gasteiger partial charge is 0.295 e. The second-order valence-corrected chi connectivity index (χ2v) is 6.82. The molecule has 1 saturated heterocycles. The summed E-state index contributed by atoms with van der Waals surface area (Å²) in [6.07, 6.45) is 0. The van der Waals surface area contributed by atoms with Gasteiger partial charge in [0, 0.05) is 22.1 Å². The van der Waals surface area contributed by atoms with E-state index >= 15 is 0 Å². The van der Waals surface area contributed by atoms with Crippen molar-refractivity contribution in [3.63, 3.8) is 0 Å². The largest absolute Gasteiger partial charge is 0.507 e. The lowest BCUT2D eigenvalue weighted by atomic mass is 9.95. The van der Waals surface area contributed by atoms with Crippen LogP contribution in [-0.2, 0) is 9.59 Å². The molecule has 1 aliphatic rings. The number of hydrogen-bond donors (Lipinski definition) is 1. The Balaban J connectivity index is 2.16. The number of carbonyl (C=O) groups excluding carboxylic acids is 2. The van der Waals surface area contributed by atoms with E-state index in [-0.39, 0.29) is 11.3 Å². The molecule has 6 heteroatoms. The third kappa shape index (κ3) is 2.85. The number of likely N-dealkylation sites (N-methyl/N-ethyl adjacent to an activating group) is 1. The minimum absolute atomic E-state index is 0.0761. The van der Waals surface area contributed by atoms with Crippen molar-refractivity contribution < 1.29 is 14.7 Å². The van der Waals surface area contributed by atoms with Crippen molar-refractivity contribution >= 4 is 45.0 Å². The van der Waals surface area contributed by atoms with Gasteiger partial charge in [0.2, 0.25) is 0 Å². The Morgan fingerprint density at radius 3 is 2.25 bits per heavy atom. The van der Waals surface area contributed by atoms with Crippen LogP contribution in [-0.4, -0.2) is 28.7 Å². The highest BCUT2D eigenvalue weighted by molar-refractivity contribution is 9.10. The van der Waals surface area contributed by atoms with Gasteiger partial charge in [-0.05, 0) is 29.8 Å². The molecule has 1 N–H and O–H groups in total. The summed E-state index contributed by atoms with van der Waals surface area (Å²) >= 11 is 9.23. The minimum atomic E-state index is -0.696. The quantitative estimate of drug-likeness (QED) is 0.463. The predicted molar refractivity (Wildman–Crippen MR) is 95.7 cm³/mol. The maximum Gasteiger partial charge on any atom is 0.295 e. The Hall–Kier alpha value is -2.11. The fraction of sp³-hybridized carbons (Fsp3) is 0.111. The van der Waals surface area contributed by atoms with Crippen LogP contribution in [0.1, 0.15) is 17.2 Å². The van der Waals surface area contributed by atoms with E-state index < -0.39 is 17.7 Å². The van der Waals surface area contributed by atoms with Crippen LogP contribution in [0.4, 0.5) is 0 Å². The summed E-state index contributed by atoms with van der Waals surface area (Å²) in [5.41, 5.74) is 1.26. The molecule has 2 aromatic rings. The molecule has 24 heavy (non-hydrogen) atoms. The van der Waals surface area contributed by atoms with Gasteiger partial charge in [0.15, 0.2) is 0 Å². The maximum absolute atomic E-state index is 12.4. The lowest BCUT2D eigenvalue weighted by molar-refractivity contribution is -0.139. The molecule has 0 radical (unpaired) electrons. The summed E-state index contributed by atoms with van der Waals surface area (Å²) in [5, 5.41) is 11.2. The summed E-state index contributed by atoms with van der Waals surface area (Å²) < 4.78 is 0.851. The van der Waals surface area contributed by atoms with E-state index in [4.69, 9.17) is 11.6 Å². The van der Waals surface area contributed by atoms with E-state index in [9.17, 15) is 14.7 Å². The van der Waals surface area contributed by atoms with Crippen LogP contribution in [0.15, 0.2) is 58.6 Å². The Bertz CT molecular complexity index is 844. The molecule has 3 rings (SSSR count). The van der Waals surface area contributed by atoms with Gasteiger partial charge < -0.3 is 10.0 Å². The number of halogens is 2. The van der Waals surface area contributed by atoms with Crippen LogP contribution >= 0.6 is 27.5 Å². The molecule has 4 nitrogen and oxygen atoms in total. The van der Waals surface area contributed by atoms with Crippen molar-refractivity contribution in [1.82, 2.24) is 4.90 Å². The number of amides is 1. The molecule has 1 heterocycles. The highest BCUT2D eigenvalue weighted by atomic mass is 79.9. The van der Waals surface area contributed by atoms with Crippen molar-refractivity contribution in [1.29, 1.82) is 0 Å². The second kappa shape index (κ2) is 6.42. The van der Waals surface area contributed by atoms with Crippen LogP contribution in [0, 0.1) is 0 Å². The minimum Gasteiger partial charge on any atom is -0.507 e. The molecule has 1 aliphatic heterocycles. The van der Waals surface area contributed by atoms with Crippen LogP contribution in [0.25, 0.3) is 5.76 Å². The number of rotatable bonds is 2. The van der Waals surface area contributed by atoms with Gasteiger partial charge in [-0.15, -0.1) is 0 Å². The molecule has 0 bridgehead atoms. The monoisotopic (exact) mass is 405 g/mol. The third-order valence-electron chi connectivity index (χ3n) is 3.98. The molecule has 0 aliphatic carbocycles. The first-order chi connectivity index (χ1) is 11.4. The van der Waals surface area contributed by atoms with E-state index in [0.29, 0.717) is 16.1 Å². The predicted octanol–water partition coefficient (Wildman–Crippen LogP) is 4.15. The number of hydrogen-bond acceptors (Lipinski definition) is 3. The SMILES string of the molecule is CN1C(=O)C(=O)/C(=C(/O)c2ccc(Br)cc2)C1c1ccc(Cl)cc1. The van der Waals surface area contributed by atoms with Crippen molar-refractivity contribution in [3.8, 4) is 0 Å². The van der Waals surface area contributed by atoms with E-state index in [1.165, 1.54) is 4.90 Å². The molecule has 1 unspecified atom stereocenters. The Morgan fingerprint density at radius 2 is 1.67 bits per heavy atom. The molecule has 2 aromatic carbocycles. The van der Waals surface area contributed by atoms with Gasteiger partial charge in [-0.1, -0.05) is 51.8 Å². The third-order valence-corrected chi connectivity index (χ3v) is 4.76. The van der Waals surface area contributed by atoms with Gasteiger partial charge in [0.05, 0.1) is 11.6 Å². The summed E-state index contributed by atoms with van der Waals surface area (Å²) in [7, 11) is 1.54. The van der Waals surface area contributed by atoms with Crippen LogP contribution in [0.2, 0.25) is 5.02 Å². The van der Waals surface area contributed by atoms with Crippen LogP contribution in [0.5, 0.6) is 0 Å². The van der Waals surface area contributed by atoms with Crippen LogP contribution in [0.3, 0.4) is 0 Å². The number of aliphatic hydroxyl groups excluding tert-OH is 1. The Morgan fingerprint density at radius 1 is 1.08 bits per heavy atom. The van der Waals surface area contributed by atoms with E-state index in [2.05, 4.69) is 15.9 Å². The molecule has 0 saturated carbocycles. The maximum atomic E-state index is 12.4. The molecule has 0 spiro atoms. The summed E-state index contributed by atoms with van der Waals surface area (Å²) in [6.45, 7) is 0. The number of likely N-dealkylation sites (tertiary alicyclic amines) is 1. The van der Waals surface area contributed by atoms with Gasteiger partial charge >= 0.3 is 0 Å². The lowest BCUT2D eigenvalue weighted by Gasteiger charge is -2.21. The summed E-state index contributed by atoms with van der Waals surface area (Å²) in [4.78, 5) is 25.9. The zero-order valence-corrected chi connectivity index (χ0v) is 15.0. The number of nitrogens with zero attached hydrogens (tertiary/aromatic N) is 1. The molecule has 1 atom stereocenters. The zero-order valence-electron chi connectivity index (χ0n) is 12.7. The lowest BCUT2D eigenvalue weighted by Crippen LogP contribution is -2.24. The van der Waals surface area contributed by atoms with Crippen molar-refractivity contribution in [2.75, 3.05) is 7.05 Å². The standard InChI is InChI=1S/C18H13BrClNO3/c1-21-15(10-4-8-13(20)9-5-10)14(17(23)18(21)24)16(22)11-2-6-12(19)7-3-11/h2-9,15,22H,1H3/b16-14+. The summed E-state index contributed by atoms with van der Waals surface area (Å²) in [6, 6.07) is 13.1. The normalized spacial score (nSPS) is 19.8. The number of aliphatic hydroxyl groups is 1. The average molecular weight is 407 g/mol. The number of Topliss-reactive ketones (excluding diaryl/α,β-unsaturated/α-hetero) is 1. The van der Waals surface area contributed by atoms with Crippen molar-refractivity contribution in [2.45, 2.75) is 6.04 Å². The molecule has 1 amide bonds. The van der Waals surface area contributed by atoms with Gasteiger partial charge in [-0.3, -0.25) is 9.59 Å². The van der Waals surface area contributed by atoms with Crippen molar-refractivity contribution in [3.05, 3.63) is 74.7 Å². The molecule has 0 aromatic heterocycles. The molecule has 1 fully saturated rings. The topological polar surface area (TPSA) is 57.6 Å². The highest BCUT2D eigenvalue weighted by Gasteiger charge is 2.44. The first kappa shape index (κ1) is 16.7. The van der Waals surface area contributed by atoms with Crippen LogP contribution < -0.4 is 0 Å². The Labute approximate surface area is 152 Å². The van der Waals surface area contributed by atoms with Gasteiger partial charge in [0.25, 0.3) is 11.7 Å². The Kier molecular flexibility index (Phi) is 4.47. The van der Waals surface area contributed by atoms with Gasteiger partial charge in [-0.25, -0.2) is 0 Å². The van der Waals surface area contributed by atoms with Crippen molar-refractivity contribution in [2.24, 2.45) is 0 Å². The molecule has 122 valence electrons. The average Bonchev–Trinajstić information content (AvgIpc) is 2.80. The fourth-order valence-electron chi connectivity index (χ4n) is 2.75. The fourth-order valence-corrected chi connectivity index (χ4v) is 3.14. The number of benzene rings is 2. The first-order valence-corrected chi connectivity index (χ1v) is 8.33. The van der Waals surface area contributed by atoms with Gasteiger partial charge in [-0.2, -0.15) is 0 Å². The van der Waals surface area contributed by atoms with E-state index in [1.807, 2.05) is 0 Å². The van der Waals surface area contributed by atoms with Gasteiger partial charge in [0.1, 0.15) is 5.76 Å². The van der Waals surface area contributed by atoms with E-state index in [1.54, 1.807) is 55.6 Å². The second-order valence-electron chi connectivity index (χ2n) is 5.47. The highest BCUT2D eigenvalue weighted by Crippen LogP contribution is 2.38. The van der Waals surface area contributed by atoms with E-state index in [0.717, 1.165) is 4.47 Å².